The Morgan fingerprint density at radius 1 is 0.528 bits per heavy atom. The number of para-hydroxylation sites is 2. The van der Waals surface area contributed by atoms with Gasteiger partial charge in [-0.05, 0) is 90.7 Å². The van der Waals surface area contributed by atoms with Crippen LogP contribution in [0.3, 0.4) is 0 Å². The van der Waals surface area contributed by atoms with E-state index < -0.39 is 11.4 Å². The summed E-state index contributed by atoms with van der Waals surface area (Å²) in [7, 11) is 0. The average molecular weight is 745 g/mol. The third-order valence-corrected chi connectivity index (χ3v) is 12.0. The van der Waals surface area contributed by atoms with E-state index >= 15 is 0 Å². The number of hydrogen-bond acceptors (Lipinski definition) is 10. The molecule has 4 atom stereocenters. The van der Waals surface area contributed by atoms with Crippen molar-refractivity contribution in [2.45, 2.75) is 55.6 Å². The van der Waals surface area contributed by atoms with E-state index in [0.29, 0.717) is 26.1 Å². The Hall–Kier alpha value is -4.68. The van der Waals surface area contributed by atoms with Crippen molar-refractivity contribution in [1.82, 2.24) is 10.9 Å². The lowest BCUT2D eigenvalue weighted by Crippen LogP contribution is -2.46. The van der Waals surface area contributed by atoms with E-state index in [1.54, 1.807) is 22.7 Å². The van der Waals surface area contributed by atoms with Gasteiger partial charge in [0.25, 0.3) is 0 Å². The van der Waals surface area contributed by atoms with E-state index in [9.17, 15) is 10.2 Å². The number of rotatable bonds is 14. The molecule has 2 aliphatic rings. The van der Waals surface area contributed by atoms with Gasteiger partial charge in [0.1, 0.15) is 11.5 Å². The molecule has 0 radical (unpaired) electrons. The predicted octanol–water partition coefficient (Wildman–Crippen LogP) is 9.04. The summed E-state index contributed by atoms with van der Waals surface area (Å²) in [4.78, 5) is 2.39. The molecule has 0 bridgehead atoms. The maximum Gasteiger partial charge on any atom is 0.179 e. The SMILES string of the molecule is OC1(c2ccc(OCCCCCOc3ccc(C4(O)CC(c5cccs5)NN4c4ccccc4)cc3)cc2)CC(c2cccs2)NN1c1ccccc1. The molecule has 8 nitrogen and oxygen atoms in total. The Morgan fingerprint density at radius 3 is 1.32 bits per heavy atom. The van der Waals surface area contributed by atoms with Crippen LogP contribution in [-0.2, 0) is 11.4 Å². The second-order valence-corrected chi connectivity index (χ2v) is 15.5. The molecule has 0 saturated carbocycles. The van der Waals surface area contributed by atoms with Gasteiger partial charge in [0.05, 0.1) is 36.7 Å². The van der Waals surface area contributed by atoms with Gasteiger partial charge in [0.2, 0.25) is 0 Å². The largest absolute Gasteiger partial charge is 0.494 e. The molecule has 10 heteroatoms. The van der Waals surface area contributed by atoms with Crippen LogP contribution >= 0.6 is 22.7 Å². The first-order valence-electron chi connectivity index (χ1n) is 18.2. The number of unbranched alkanes of at least 4 members (excludes halogenated alkanes) is 2. The van der Waals surface area contributed by atoms with Crippen LogP contribution in [0, 0.1) is 0 Å². The summed E-state index contributed by atoms with van der Waals surface area (Å²) in [6.45, 7) is 1.21. The Bertz CT molecular complexity index is 1870. The van der Waals surface area contributed by atoms with E-state index in [-0.39, 0.29) is 12.1 Å². The number of ether oxygens (including phenoxy) is 2. The summed E-state index contributed by atoms with van der Waals surface area (Å²) < 4.78 is 12.1. The van der Waals surface area contributed by atoms with Crippen molar-refractivity contribution in [1.29, 1.82) is 0 Å². The normalized spacial score (nSPS) is 22.7. The van der Waals surface area contributed by atoms with Gasteiger partial charge in [0.15, 0.2) is 11.4 Å². The Morgan fingerprint density at radius 2 is 0.943 bits per heavy atom. The summed E-state index contributed by atoms with van der Waals surface area (Å²) in [5.41, 5.74) is 8.13. The predicted molar refractivity (Wildman–Crippen MR) is 213 cm³/mol. The van der Waals surface area contributed by atoms with Gasteiger partial charge < -0.3 is 19.7 Å². The van der Waals surface area contributed by atoms with E-state index in [0.717, 1.165) is 53.3 Å². The highest BCUT2D eigenvalue weighted by Gasteiger charge is 2.48. The number of nitrogens with zero attached hydrogens (tertiary/aromatic N) is 2. The lowest BCUT2D eigenvalue weighted by Gasteiger charge is -2.34. The lowest BCUT2D eigenvalue weighted by atomic mass is 9.96. The lowest BCUT2D eigenvalue weighted by molar-refractivity contribution is 0.0431. The van der Waals surface area contributed by atoms with Gasteiger partial charge in [-0.2, -0.15) is 0 Å². The van der Waals surface area contributed by atoms with Crippen molar-refractivity contribution in [2.24, 2.45) is 0 Å². The first kappa shape index (κ1) is 35.4. The zero-order chi connectivity index (χ0) is 36.1. The van der Waals surface area contributed by atoms with E-state index in [2.05, 4.69) is 33.7 Å². The summed E-state index contributed by atoms with van der Waals surface area (Å²) in [5, 5.41) is 32.1. The third kappa shape index (κ3) is 7.57. The Balaban J connectivity index is 0.809. The van der Waals surface area contributed by atoms with Gasteiger partial charge in [-0.25, -0.2) is 10.9 Å². The fourth-order valence-electron chi connectivity index (χ4n) is 7.30. The highest BCUT2D eigenvalue weighted by Crippen LogP contribution is 2.45. The van der Waals surface area contributed by atoms with Crippen molar-refractivity contribution in [2.75, 3.05) is 23.2 Å². The molecule has 8 rings (SSSR count). The van der Waals surface area contributed by atoms with Crippen molar-refractivity contribution in [3.05, 3.63) is 165 Å². The molecule has 2 aliphatic heterocycles. The molecule has 4 aromatic carbocycles. The molecule has 53 heavy (non-hydrogen) atoms. The third-order valence-electron chi connectivity index (χ3n) is 10.0. The quantitative estimate of drug-likeness (QED) is 0.0823. The molecule has 2 saturated heterocycles. The average Bonchev–Trinajstić information content (AvgIpc) is 4.03. The minimum atomic E-state index is -1.21. The van der Waals surface area contributed by atoms with E-state index in [4.69, 9.17) is 9.47 Å². The molecule has 272 valence electrons. The minimum absolute atomic E-state index is 0.0114. The molecular weight excluding hydrogens is 701 g/mol. The van der Waals surface area contributed by atoms with Crippen molar-refractivity contribution >= 4 is 34.0 Å². The number of nitrogens with one attached hydrogen (secondary N) is 2. The first-order valence-corrected chi connectivity index (χ1v) is 20.0. The monoisotopic (exact) mass is 744 g/mol. The fraction of sp³-hybridized carbons (Fsp3) is 0.256. The summed E-state index contributed by atoms with van der Waals surface area (Å²) in [6, 6.07) is 43.9. The number of hydrogen-bond donors (Lipinski definition) is 4. The molecule has 2 aromatic heterocycles. The molecule has 4 heterocycles. The van der Waals surface area contributed by atoms with Crippen LogP contribution in [0.15, 0.2) is 144 Å². The molecule has 2 fully saturated rings. The highest BCUT2D eigenvalue weighted by molar-refractivity contribution is 7.10. The number of aliphatic hydroxyl groups is 2. The second-order valence-electron chi connectivity index (χ2n) is 13.6. The molecule has 0 aliphatic carbocycles. The van der Waals surface area contributed by atoms with E-state index in [1.165, 1.54) is 9.75 Å². The van der Waals surface area contributed by atoms with Crippen LogP contribution in [0.25, 0.3) is 0 Å². The Kier molecular flexibility index (Phi) is 10.5. The topological polar surface area (TPSA) is 89.5 Å². The van der Waals surface area contributed by atoms with Crippen LogP contribution in [0.4, 0.5) is 11.4 Å². The fourth-order valence-corrected chi connectivity index (χ4v) is 8.84. The van der Waals surface area contributed by atoms with Gasteiger partial charge in [-0.15, -0.1) is 22.7 Å². The smallest absolute Gasteiger partial charge is 0.179 e. The minimum Gasteiger partial charge on any atom is -0.494 e. The molecule has 0 amide bonds. The van der Waals surface area contributed by atoms with Crippen molar-refractivity contribution in [3.8, 4) is 11.5 Å². The van der Waals surface area contributed by atoms with Gasteiger partial charge >= 0.3 is 0 Å². The maximum atomic E-state index is 12.1. The van der Waals surface area contributed by atoms with Crippen LogP contribution in [-0.4, -0.2) is 23.4 Å². The van der Waals surface area contributed by atoms with Gasteiger partial charge in [0, 0.05) is 33.7 Å². The molecule has 4 N–H and O–H groups in total. The molecule has 0 spiro atoms. The Labute approximate surface area is 318 Å². The van der Waals surface area contributed by atoms with Crippen molar-refractivity contribution in [3.63, 3.8) is 0 Å². The van der Waals surface area contributed by atoms with Crippen LogP contribution < -0.4 is 30.3 Å². The number of benzene rings is 4. The summed E-state index contributed by atoms with van der Waals surface area (Å²) in [5.74, 6) is 1.57. The molecule has 4 unspecified atom stereocenters. The summed E-state index contributed by atoms with van der Waals surface area (Å²) in [6.07, 6.45) is 3.83. The van der Waals surface area contributed by atoms with Gasteiger partial charge in [-0.3, -0.25) is 10.0 Å². The first-order chi connectivity index (χ1) is 26.0. The number of thiophene rings is 2. The second kappa shape index (κ2) is 15.7. The zero-order valence-corrected chi connectivity index (χ0v) is 31.0. The van der Waals surface area contributed by atoms with Crippen molar-refractivity contribution < 1.29 is 19.7 Å². The molecule has 6 aromatic rings. The number of anilines is 2. The standard InChI is InChI=1S/C43H44N4O4S2/c48-42(30-38(40-16-10-28-52-40)44-46(42)34-12-4-1-5-13-34)32-18-22-36(23-19-32)50-26-8-3-9-27-51-37-24-20-33(21-25-37)43(49)31-39(41-17-11-29-53-41)45-47(43)35-14-6-2-7-15-35/h1-2,4-7,10-25,28-29,38-39,44-45,48-49H,3,8-9,26-27,30-31H2. The van der Waals surface area contributed by atoms with Gasteiger partial charge in [-0.1, -0.05) is 72.8 Å². The van der Waals surface area contributed by atoms with Crippen LogP contribution in [0.5, 0.6) is 11.5 Å². The van der Waals surface area contributed by atoms with Crippen LogP contribution in [0.2, 0.25) is 0 Å². The highest BCUT2D eigenvalue weighted by atomic mass is 32.1. The maximum absolute atomic E-state index is 12.1. The summed E-state index contributed by atoms with van der Waals surface area (Å²) >= 11 is 3.39. The molecular formula is C43H44N4O4S2. The zero-order valence-electron chi connectivity index (χ0n) is 29.4. The number of hydrazine groups is 2. The van der Waals surface area contributed by atoms with Crippen LogP contribution in [0.1, 0.15) is 65.1 Å². The van der Waals surface area contributed by atoms with E-state index in [1.807, 2.05) is 131 Å².